The maximum Gasteiger partial charge on any atom is 0.259 e. The van der Waals surface area contributed by atoms with E-state index >= 15 is 0 Å². The van der Waals surface area contributed by atoms with Crippen molar-refractivity contribution in [3.63, 3.8) is 0 Å². The Morgan fingerprint density at radius 1 is 1.62 bits per heavy atom. The van der Waals surface area contributed by atoms with Crippen molar-refractivity contribution in [2.24, 2.45) is 7.05 Å². The Kier molecular flexibility index (Phi) is 3.63. The van der Waals surface area contributed by atoms with Gasteiger partial charge in [-0.05, 0) is 13.8 Å². The van der Waals surface area contributed by atoms with Gasteiger partial charge >= 0.3 is 0 Å². The molecule has 0 aliphatic heterocycles. The number of hydrogen-bond donors (Lipinski definition) is 2. The lowest BCUT2D eigenvalue weighted by molar-refractivity contribution is 0.0857. The number of sulfonamides is 1. The Labute approximate surface area is 99.3 Å². The number of halogens is 1. The molecule has 6 nitrogen and oxygen atoms in total. The van der Waals surface area contributed by atoms with Crippen LogP contribution in [-0.4, -0.2) is 35.5 Å². The molecule has 1 heterocycles. The summed E-state index contributed by atoms with van der Waals surface area (Å²) in [5.74, 6) is 0. The lowest BCUT2D eigenvalue weighted by Gasteiger charge is -2.17. The van der Waals surface area contributed by atoms with Crippen molar-refractivity contribution in [1.29, 1.82) is 0 Å². The maximum absolute atomic E-state index is 11.8. The van der Waals surface area contributed by atoms with Gasteiger partial charge in [-0.15, -0.1) is 0 Å². The van der Waals surface area contributed by atoms with E-state index in [1.54, 1.807) is 0 Å². The smallest absolute Gasteiger partial charge is 0.259 e. The largest absolute Gasteiger partial charge is 0.389 e. The van der Waals surface area contributed by atoms with Gasteiger partial charge in [0.25, 0.3) is 10.0 Å². The summed E-state index contributed by atoms with van der Waals surface area (Å²) in [5.41, 5.74) is -1.13. The van der Waals surface area contributed by atoms with Gasteiger partial charge in [-0.25, -0.2) is 13.1 Å². The summed E-state index contributed by atoms with van der Waals surface area (Å²) in [5, 5.41) is 13.1. The predicted octanol–water partition coefficient (Wildman–Crippen LogP) is 0.123. The number of aromatic nitrogens is 2. The minimum absolute atomic E-state index is 0.0470. The zero-order valence-corrected chi connectivity index (χ0v) is 10.8. The van der Waals surface area contributed by atoms with Crippen molar-refractivity contribution < 1.29 is 13.5 Å². The molecule has 0 atom stereocenters. The summed E-state index contributed by atoms with van der Waals surface area (Å²) < 4.78 is 27.0. The highest BCUT2D eigenvalue weighted by molar-refractivity contribution is 7.89. The van der Waals surface area contributed by atoms with Crippen LogP contribution in [0.4, 0.5) is 0 Å². The SMILES string of the molecule is Cn1ncc(Cl)c1S(=O)(=O)NCC(C)(C)O. The Balaban J connectivity index is 2.96. The lowest BCUT2D eigenvalue weighted by atomic mass is 10.1. The average molecular weight is 268 g/mol. The van der Waals surface area contributed by atoms with Crippen LogP contribution < -0.4 is 4.72 Å². The molecule has 0 fully saturated rings. The van der Waals surface area contributed by atoms with Crippen molar-refractivity contribution in [3.8, 4) is 0 Å². The fourth-order valence-corrected chi connectivity index (χ4v) is 2.90. The quantitative estimate of drug-likeness (QED) is 0.812. The van der Waals surface area contributed by atoms with Crippen LogP contribution in [0.25, 0.3) is 0 Å². The summed E-state index contributed by atoms with van der Waals surface area (Å²) in [7, 11) is -2.28. The lowest BCUT2D eigenvalue weighted by Crippen LogP contribution is -2.38. The Hall–Kier alpha value is -0.630. The zero-order valence-electron chi connectivity index (χ0n) is 9.23. The van der Waals surface area contributed by atoms with Crippen LogP contribution in [0.5, 0.6) is 0 Å². The van der Waals surface area contributed by atoms with Crippen LogP contribution >= 0.6 is 11.6 Å². The van der Waals surface area contributed by atoms with Gasteiger partial charge in [0.2, 0.25) is 0 Å². The molecule has 1 aromatic heterocycles. The van der Waals surface area contributed by atoms with Gasteiger partial charge in [-0.2, -0.15) is 5.10 Å². The van der Waals surface area contributed by atoms with Crippen LogP contribution in [-0.2, 0) is 17.1 Å². The number of nitrogens with zero attached hydrogens (tertiary/aromatic N) is 2. The van der Waals surface area contributed by atoms with Gasteiger partial charge in [-0.3, -0.25) is 4.68 Å². The van der Waals surface area contributed by atoms with Gasteiger partial charge in [0.05, 0.1) is 16.8 Å². The Bertz CT molecular complexity index is 456. The van der Waals surface area contributed by atoms with Crippen molar-refractivity contribution in [2.45, 2.75) is 24.5 Å². The first-order valence-electron chi connectivity index (χ1n) is 4.53. The third-order valence-corrected chi connectivity index (χ3v) is 3.70. The van der Waals surface area contributed by atoms with E-state index in [1.165, 1.54) is 27.1 Å². The molecule has 0 saturated carbocycles. The van der Waals surface area contributed by atoms with E-state index in [4.69, 9.17) is 11.6 Å². The minimum atomic E-state index is -3.75. The number of rotatable bonds is 4. The van der Waals surface area contributed by atoms with E-state index in [-0.39, 0.29) is 16.6 Å². The third-order valence-electron chi connectivity index (χ3n) is 1.79. The van der Waals surface area contributed by atoms with Crippen molar-refractivity contribution in [3.05, 3.63) is 11.2 Å². The molecule has 0 unspecified atom stereocenters. The Morgan fingerprint density at radius 3 is 2.56 bits per heavy atom. The van der Waals surface area contributed by atoms with Gasteiger partial charge in [0, 0.05) is 13.6 Å². The normalized spacial score (nSPS) is 13.1. The molecule has 0 saturated heterocycles. The second-order valence-corrected chi connectivity index (χ2v) is 6.15. The van der Waals surface area contributed by atoms with E-state index in [9.17, 15) is 13.5 Å². The molecule has 1 aromatic rings. The second kappa shape index (κ2) is 4.33. The van der Waals surface area contributed by atoms with Gasteiger partial charge in [-0.1, -0.05) is 11.6 Å². The predicted molar refractivity (Wildman–Crippen MR) is 59.7 cm³/mol. The molecule has 2 N–H and O–H groups in total. The Morgan fingerprint density at radius 2 is 2.19 bits per heavy atom. The summed E-state index contributed by atoms with van der Waals surface area (Å²) in [6.45, 7) is 2.90. The molecule has 1 rings (SSSR count). The molecule has 8 heteroatoms. The summed E-state index contributed by atoms with van der Waals surface area (Å²) >= 11 is 5.71. The molecule has 0 spiro atoms. The standard InChI is InChI=1S/C8H14ClN3O3S/c1-8(2,13)5-11-16(14,15)7-6(9)4-10-12(7)3/h4,11,13H,5H2,1-3H3. The molecule has 16 heavy (non-hydrogen) atoms. The molecule has 0 aliphatic carbocycles. The molecule has 0 aliphatic rings. The van der Waals surface area contributed by atoms with Crippen LogP contribution in [0.2, 0.25) is 5.02 Å². The highest BCUT2D eigenvalue weighted by Crippen LogP contribution is 2.19. The summed E-state index contributed by atoms with van der Waals surface area (Å²) in [6.07, 6.45) is 1.25. The topological polar surface area (TPSA) is 84.2 Å². The number of hydrogen-bond acceptors (Lipinski definition) is 4. The first kappa shape index (κ1) is 13.4. The van der Waals surface area contributed by atoms with Crippen molar-refractivity contribution in [1.82, 2.24) is 14.5 Å². The molecule has 0 bridgehead atoms. The van der Waals surface area contributed by atoms with Gasteiger partial charge < -0.3 is 5.11 Å². The summed E-state index contributed by atoms with van der Waals surface area (Å²) in [6, 6.07) is 0. The molecule has 0 amide bonds. The highest BCUT2D eigenvalue weighted by Gasteiger charge is 2.25. The summed E-state index contributed by atoms with van der Waals surface area (Å²) in [4.78, 5) is 0. The third kappa shape index (κ3) is 3.18. The minimum Gasteiger partial charge on any atom is -0.389 e. The van der Waals surface area contributed by atoms with Gasteiger partial charge in [0.15, 0.2) is 5.03 Å². The fourth-order valence-electron chi connectivity index (χ4n) is 1.04. The average Bonchev–Trinajstić information content (AvgIpc) is 2.42. The van der Waals surface area contributed by atoms with E-state index in [2.05, 4.69) is 9.82 Å². The van der Waals surface area contributed by atoms with Crippen LogP contribution in [0.3, 0.4) is 0 Å². The van der Waals surface area contributed by atoms with E-state index in [1.807, 2.05) is 0 Å². The molecular weight excluding hydrogens is 254 g/mol. The molecular formula is C8H14ClN3O3S. The first-order chi connectivity index (χ1) is 7.13. The molecule has 0 aromatic carbocycles. The van der Waals surface area contributed by atoms with Crippen LogP contribution in [0.1, 0.15) is 13.8 Å². The van der Waals surface area contributed by atoms with Crippen molar-refractivity contribution >= 4 is 21.6 Å². The van der Waals surface area contributed by atoms with E-state index < -0.39 is 15.6 Å². The monoisotopic (exact) mass is 267 g/mol. The first-order valence-corrected chi connectivity index (χ1v) is 6.39. The van der Waals surface area contributed by atoms with Crippen LogP contribution in [0.15, 0.2) is 11.2 Å². The van der Waals surface area contributed by atoms with Crippen molar-refractivity contribution in [2.75, 3.05) is 6.54 Å². The van der Waals surface area contributed by atoms with Crippen LogP contribution in [0, 0.1) is 0 Å². The van der Waals surface area contributed by atoms with Gasteiger partial charge in [0.1, 0.15) is 0 Å². The number of aliphatic hydroxyl groups is 1. The second-order valence-electron chi connectivity index (χ2n) is 4.06. The molecule has 92 valence electrons. The number of aryl methyl sites for hydroxylation is 1. The number of nitrogens with one attached hydrogen (secondary N) is 1. The highest BCUT2D eigenvalue weighted by atomic mass is 35.5. The fraction of sp³-hybridized carbons (Fsp3) is 0.625. The molecule has 0 radical (unpaired) electrons. The zero-order chi connectivity index (χ0) is 12.6. The van der Waals surface area contributed by atoms with E-state index in [0.717, 1.165) is 4.68 Å². The maximum atomic E-state index is 11.8. The van der Waals surface area contributed by atoms with E-state index in [0.29, 0.717) is 0 Å².